The molecule has 1 unspecified atom stereocenters. The monoisotopic (exact) mass is 258 g/mol. The van der Waals surface area contributed by atoms with Crippen LogP contribution < -0.4 is 5.32 Å². The van der Waals surface area contributed by atoms with Crippen molar-refractivity contribution >= 4 is 10.9 Å². The number of nitrogens with one attached hydrogen (secondary N) is 2. The van der Waals surface area contributed by atoms with Crippen molar-refractivity contribution in [2.75, 3.05) is 6.54 Å². The molecule has 102 valence electrons. The fraction of sp³-hybridized carbons (Fsp3) is 0.500. The Morgan fingerprint density at radius 1 is 1.26 bits per heavy atom. The molecule has 1 aliphatic carbocycles. The summed E-state index contributed by atoms with van der Waals surface area (Å²) in [6.45, 7) is 1.52. The minimum absolute atomic E-state index is 0.187. The Kier molecular flexibility index (Phi) is 3.85. The molecule has 1 aromatic heterocycles. The van der Waals surface area contributed by atoms with Crippen LogP contribution >= 0.6 is 0 Å². The third-order valence-corrected chi connectivity index (χ3v) is 4.30. The highest BCUT2D eigenvalue weighted by atomic mass is 16.3. The minimum Gasteiger partial charge on any atom is -0.392 e. The zero-order chi connectivity index (χ0) is 13.1. The van der Waals surface area contributed by atoms with Gasteiger partial charge < -0.3 is 15.4 Å². The second kappa shape index (κ2) is 5.76. The highest BCUT2D eigenvalue weighted by molar-refractivity contribution is 5.82. The molecule has 1 atom stereocenters. The first kappa shape index (κ1) is 12.7. The number of aliphatic hydroxyl groups excluding tert-OH is 1. The maximum atomic E-state index is 10.1. The van der Waals surface area contributed by atoms with Crippen LogP contribution in [0.1, 0.15) is 31.2 Å². The fourth-order valence-electron chi connectivity index (χ4n) is 3.17. The molecule has 0 aliphatic heterocycles. The Balaban J connectivity index is 1.55. The normalized spacial score (nSPS) is 18.2. The Hall–Kier alpha value is -1.32. The summed E-state index contributed by atoms with van der Waals surface area (Å²) in [6, 6.07) is 8.42. The molecule has 1 fully saturated rings. The lowest BCUT2D eigenvalue weighted by Gasteiger charge is -2.18. The van der Waals surface area contributed by atoms with Crippen LogP contribution in [-0.2, 0) is 6.54 Å². The minimum atomic E-state index is -0.187. The summed E-state index contributed by atoms with van der Waals surface area (Å²) in [5, 5.41) is 14.8. The van der Waals surface area contributed by atoms with E-state index < -0.39 is 0 Å². The van der Waals surface area contributed by atoms with E-state index in [1.54, 1.807) is 0 Å². The fourth-order valence-corrected chi connectivity index (χ4v) is 3.17. The molecule has 0 bridgehead atoms. The lowest BCUT2D eigenvalue weighted by Crippen LogP contribution is -2.31. The highest BCUT2D eigenvalue weighted by Gasteiger charge is 2.22. The number of aliphatic hydroxyl groups is 1. The number of aromatic amines is 1. The van der Waals surface area contributed by atoms with Gasteiger partial charge in [-0.05, 0) is 36.5 Å². The van der Waals surface area contributed by atoms with E-state index in [-0.39, 0.29) is 6.10 Å². The van der Waals surface area contributed by atoms with E-state index in [1.807, 2.05) is 6.20 Å². The zero-order valence-corrected chi connectivity index (χ0v) is 11.2. The van der Waals surface area contributed by atoms with Gasteiger partial charge in [0.15, 0.2) is 0 Å². The molecule has 1 aromatic carbocycles. The van der Waals surface area contributed by atoms with Crippen molar-refractivity contribution < 1.29 is 5.11 Å². The van der Waals surface area contributed by atoms with Crippen LogP contribution in [0.25, 0.3) is 10.9 Å². The second-order valence-electron chi connectivity index (χ2n) is 5.60. The summed E-state index contributed by atoms with van der Waals surface area (Å²) in [7, 11) is 0. The van der Waals surface area contributed by atoms with Crippen molar-refractivity contribution in [1.82, 2.24) is 10.3 Å². The number of hydrogen-bond acceptors (Lipinski definition) is 2. The van der Waals surface area contributed by atoms with Crippen LogP contribution in [0.15, 0.2) is 30.5 Å². The standard InChI is InChI=1S/C16H22N2O/c19-16(12-4-1-2-5-12)11-17-10-13-6-3-7-15-14(13)8-9-18-15/h3,6-9,12,16-19H,1-2,4-5,10-11H2. The van der Waals surface area contributed by atoms with Crippen molar-refractivity contribution in [3.63, 3.8) is 0 Å². The lowest BCUT2D eigenvalue weighted by atomic mass is 10.0. The molecular weight excluding hydrogens is 236 g/mol. The number of hydrogen-bond donors (Lipinski definition) is 3. The Labute approximate surface area is 114 Å². The van der Waals surface area contributed by atoms with Crippen LogP contribution in [-0.4, -0.2) is 22.7 Å². The molecule has 3 rings (SSSR count). The quantitative estimate of drug-likeness (QED) is 0.772. The van der Waals surface area contributed by atoms with Crippen LogP contribution in [0, 0.1) is 5.92 Å². The summed E-state index contributed by atoms with van der Waals surface area (Å²) >= 11 is 0. The molecule has 19 heavy (non-hydrogen) atoms. The molecule has 1 saturated carbocycles. The predicted molar refractivity (Wildman–Crippen MR) is 78.0 cm³/mol. The first-order chi connectivity index (χ1) is 9.34. The maximum Gasteiger partial charge on any atom is 0.0692 e. The van der Waals surface area contributed by atoms with Gasteiger partial charge in [-0.3, -0.25) is 0 Å². The zero-order valence-electron chi connectivity index (χ0n) is 11.2. The van der Waals surface area contributed by atoms with Crippen LogP contribution in [0.5, 0.6) is 0 Å². The third-order valence-electron chi connectivity index (χ3n) is 4.30. The predicted octanol–water partition coefficient (Wildman–Crippen LogP) is 2.81. The molecule has 3 nitrogen and oxygen atoms in total. The van der Waals surface area contributed by atoms with Gasteiger partial charge in [0, 0.05) is 30.2 Å². The third kappa shape index (κ3) is 2.82. The van der Waals surface area contributed by atoms with Gasteiger partial charge >= 0.3 is 0 Å². The highest BCUT2D eigenvalue weighted by Crippen LogP contribution is 2.27. The summed E-state index contributed by atoms with van der Waals surface area (Å²) in [5.74, 6) is 0.510. The van der Waals surface area contributed by atoms with Crippen molar-refractivity contribution in [3.8, 4) is 0 Å². The number of aromatic nitrogens is 1. The molecule has 3 N–H and O–H groups in total. The summed E-state index contributed by atoms with van der Waals surface area (Å²) in [6.07, 6.45) is 6.73. The largest absolute Gasteiger partial charge is 0.392 e. The second-order valence-corrected chi connectivity index (χ2v) is 5.60. The number of rotatable bonds is 5. The van der Waals surface area contributed by atoms with Crippen molar-refractivity contribution in [2.24, 2.45) is 5.92 Å². The van der Waals surface area contributed by atoms with Crippen molar-refractivity contribution in [2.45, 2.75) is 38.3 Å². The number of benzene rings is 1. The average molecular weight is 258 g/mol. The molecule has 2 aromatic rings. The molecule has 0 saturated heterocycles. The van der Waals surface area contributed by atoms with E-state index in [0.29, 0.717) is 12.5 Å². The molecule has 0 spiro atoms. The summed E-state index contributed by atoms with van der Waals surface area (Å²) in [4.78, 5) is 3.23. The van der Waals surface area contributed by atoms with Gasteiger partial charge in [-0.15, -0.1) is 0 Å². The van der Waals surface area contributed by atoms with Gasteiger partial charge in [0.2, 0.25) is 0 Å². The molecule has 0 amide bonds. The van der Waals surface area contributed by atoms with E-state index in [9.17, 15) is 5.11 Å². The van der Waals surface area contributed by atoms with E-state index in [0.717, 1.165) is 6.54 Å². The molecule has 3 heteroatoms. The van der Waals surface area contributed by atoms with Crippen LogP contribution in [0.4, 0.5) is 0 Å². The van der Waals surface area contributed by atoms with Crippen molar-refractivity contribution in [3.05, 3.63) is 36.0 Å². The van der Waals surface area contributed by atoms with Crippen LogP contribution in [0.3, 0.4) is 0 Å². The van der Waals surface area contributed by atoms with E-state index in [4.69, 9.17) is 0 Å². The van der Waals surface area contributed by atoms with Crippen molar-refractivity contribution in [1.29, 1.82) is 0 Å². The van der Waals surface area contributed by atoms with E-state index in [2.05, 4.69) is 34.6 Å². The lowest BCUT2D eigenvalue weighted by molar-refractivity contribution is 0.109. The summed E-state index contributed by atoms with van der Waals surface area (Å²) < 4.78 is 0. The Morgan fingerprint density at radius 3 is 2.95 bits per heavy atom. The molecule has 0 radical (unpaired) electrons. The number of fused-ring (bicyclic) bond motifs is 1. The SMILES string of the molecule is OC(CNCc1cccc2[nH]ccc12)C1CCCC1. The summed E-state index contributed by atoms with van der Waals surface area (Å²) in [5.41, 5.74) is 2.47. The van der Waals surface area contributed by atoms with E-state index >= 15 is 0 Å². The topological polar surface area (TPSA) is 48.0 Å². The average Bonchev–Trinajstić information content (AvgIpc) is 3.10. The first-order valence-electron chi connectivity index (χ1n) is 7.28. The van der Waals surface area contributed by atoms with Gasteiger partial charge in [0.05, 0.1) is 6.10 Å². The molecular formula is C16H22N2O. The van der Waals surface area contributed by atoms with Gasteiger partial charge in [-0.25, -0.2) is 0 Å². The van der Waals surface area contributed by atoms with E-state index in [1.165, 1.54) is 42.1 Å². The van der Waals surface area contributed by atoms with Crippen LogP contribution in [0.2, 0.25) is 0 Å². The van der Waals surface area contributed by atoms with Gasteiger partial charge in [-0.2, -0.15) is 0 Å². The first-order valence-corrected chi connectivity index (χ1v) is 7.28. The Bertz CT molecular complexity index is 528. The van der Waals surface area contributed by atoms with Gasteiger partial charge in [-0.1, -0.05) is 25.0 Å². The smallest absolute Gasteiger partial charge is 0.0692 e. The van der Waals surface area contributed by atoms with Gasteiger partial charge in [0.25, 0.3) is 0 Å². The molecule has 1 heterocycles. The van der Waals surface area contributed by atoms with Gasteiger partial charge in [0.1, 0.15) is 0 Å². The Morgan fingerprint density at radius 2 is 2.11 bits per heavy atom. The number of H-pyrrole nitrogens is 1. The molecule has 1 aliphatic rings. The maximum absolute atomic E-state index is 10.1.